The zero-order chi connectivity index (χ0) is 13.9. The quantitative estimate of drug-likeness (QED) is 0.842. The third-order valence-electron chi connectivity index (χ3n) is 5.04. The SMILES string of the molecule is CC(C)CC1(N2CCNCC2)CCN(C(C)C)CC1. The number of nitrogens with zero attached hydrogens (tertiary/aromatic N) is 2. The first-order valence-electron chi connectivity index (χ1n) is 8.23. The number of piperazine rings is 1. The highest BCUT2D eigenvalue weighted by Crippen LogP contribution is 2.35. The first-order chi connectivity index (χ1) is 9.03. The summed E-state index contributed by atoms with van der Waals surface area (Å²) in [6.45, 7) is 16.9. The van der Waals surface area contributed by atoms with Crippen LogP contribution in [-0.2, 0) is 0 Å². The van der Waals surface area contributed by atoms with Crippen molar-refractivity contribution in [3.05, 3.63) is 0 Å². The molecule has 0 aliphatic carbocycles. The highest BCUT2D eigenvalue weighted by molar-refractivity contribution is 4.97. The van der Waals surface area contributed by atoms with Gasteiger partial charge in [0.05, 0.1) is 0 Å². The van der Waals surface area contributed by atoms with Crippen molar-refractivity contribution >= 4 is 0 Å². The van der Waals surface area contributed by atoms with Gasteiger partial charge in [0, 0.05) is 50.8 Å². The molecule has 2 saturated heterocycles. The van der Waals surface area contributed by atoms with Crippen LogP contribution in [0.25, 0.3) is 0 Å². The molecule has 2 fully saturated rings. The van der Waals surface area contributed by atoms with Gasteiger partial charge in [-0.05, 0) is 39.0 Å². The molecule has 0 atom stereocenters. The van der Waals surface area contributed by atoms with Crippen molar-refractivity contribution in [2.24, 2.45) is 5.92 Å². The van der Waals surface area contributed by atoms with E-state index in [-0.39, 0.29) is 0 Å². The van der Waals surface area contributed by atoms with E-state index in [4.69, 9.17) is 0 Å². The summed E-state index contributed by atoms with van der Waals surface area (Å²) in [7, 11) is 0. The second-order valence-corrected chi connectivity index (χ2v) is 7.19. The number of piperidine rings is 1. The largest absolute Gasteiger partial charge is 0.314 e. The van der Waals surface area contributed by atoms with Gasteiger partial charge in [0.1, 0.15) is 0 Å². The van der Waals surface area contributed by atoms with E-state index in [1.807, 2.05) is 0 Å². The van der Waals surface area contributed by atoms with Crippen LogP contribution in [0, 0.1) is 5.92 Å². The summed E-state index contributed by atoms with van der Waals surface area (Å²) in [4.78, 5) is 5.46. The summed E-state index contributed by atoms with van der Waals surface area (Å²) in [5, 5.41) is 3.50. The van der Waals surface area contributed by atoms with Crippen molar-refractivity contribution in [3.8, 4) is 0 Å². The summed E-state index contributed by atoms with van der Waals surface area (Å²) in [6, 6.07) is 0.708. The highest BCUT2D eigenvalue weighted by atomic mass is 15.3. The van der Waals surface area contributed by atoms with Crippen molar-refractivity contribution in [1.29, 1.82) is 0 Å². The van der Waals surface area contributed by atoms with Gasteiger partial charge in [-0.1, -0.05) is 13.8 Å². The maximum Gasteiger partial charge on any atom is 0.0237 e. The Bertz CT molecular complexity index is 261. The molecule has 0 amide bonds. The fourth-order valence-electron chi connectivity index (χ4n) is 4.01. The van der Waals surface area contributed by atoms with Gasteiger partial charge in [0.15, 0.2) is 0 Å². The van der Waals surface area contributed by atoms with Crippen LogP contribution in [0.3, 0.4) is 0 Å². The number of hydrogen-bond acceptors (Lipinski definition) is 3. The predicted molar refractivity (Wildman–Crippen MR) is 82.6 cm³/mol. The van der Waals surface area contributed by atoms with Gasteiger partial charge in [-0.15, -0.1) is 0 Å². The van der Waals surface area contributed by atoms with Crippen molar-refractivity contribution < 1.29 is 0 Å². The molecule has 0 aromatic rings. The fourth-order valence-corrected chi connectivity index (χ4v) is 4.01. The molecule has 0 aromatic heterocycles. The molecule has 0 saturated carbocycles. The van der Waals surface area contributed by atoms with Crippen molar-refractivity contribution in [1.82, 2.24) is 15.1 Å². The van der Waals surface area contributed by atoms with Gasteiger partial charge in [-0.2, -0.15) is 0 Å². The van der Waals surface area contributed by atoms with E-state index in [1.54, 1.807) is 0 Å². The van der Waals surface area contributed by atoms with Gasteiger partial charge in [-0.25, -0.2) is 0 Å². The summed E-state index contributed by atoms with van der Waals surface area (Å²) >= 11 is 0. The molecule has 2 aliphatic heterocycles. The molecular weight excluding hydrogens is 234 g/mol. The topological polar surface area (TPSA) is 18.5 Å². The Morgan fingerprint density at radius 2 is 1.53 bits per heavy atom. The second-order valence-electron chi connectivity index (χ2n) is 7.19. The van der Waals surface area contributed by atoms with Gasteiger partial charge in [0.2, 0.25) is 0 Å². The summed E-state index contributed by atoms with van der Waals surface area (Å²) < 4.78 is 0. The molecule has 2 aliphatic rings. The van der Waals surface area contributed by atoms with Crippen molar-refractivity contribution in [2.45, 2.75) is 58.5 Å². The van der Waals surface area contributed by atoms with Crippen LogP contribution in [-0.4, -0.2) is 60.6 Å². The molecule has 0 unspecified atom stereocenters. The minimum Gasteiger partial charge on any atom is -0.314 e. The maximum atomic E-state index is 3.50. The fraction of sp³-hybridized carbons (Fsp3) is 1.00. The van der Waals surface area contributed by atoms with E-state index in [2.05, 4.69) is 42.8 Å². The molecule has 0 aromatic carbocycles. The van der Waals surface area contributed by atoms with E-state index in [0.717, 1.165) is 5.92 Å². The van der Waals surface area contributed by atoms with Crippen LogP contribution in [0.2, 0.25) is 0 Å². The predicted octanol–water partition coefficient (Wildman–Crippen LogP) is 2.18. The Kier molecular flexibility index (Phi) is 5.27. The summed E-state index contributed by atoms with van der Waals surface area (Å²) in [5.41, 5.74) is 0.488. The average Bonchev–Trinajstić information content (AvgIpc) is 2.39. The lowest BCUT2D eigenvalue weighted by molar-refractivity contribution is -0.00829. The zero-order valence-corrected chi connectivity index (χ0v) is 13.4. The monoisotopic (exact) mass is 267 g/mol. The highest BCUT2D eigenvalue weighted by Gasteiger charge is 2.40. The number of nitrogens with one attached hydrogen (secondary N) is 1. The Labute approximate surface area is 119 Å². The third kappa shape index (κ3) is 3.71. The van der Waals surface area contributed by atoms with Gasteiger partial charge in [-0.3, -0.25) is 4.90 Å². The molecule has 0 radical (unpaired) electrons. The number of likely N-dealkylation sites (tertiary alicyclic amines) is 1. The van der Waals surface area contributed by atoms with E-state index in [1.165, 1.54) is 58.5 Å². The molecule has 19 heavy (non-hydrogen) atoms. The molecule has 0 spiro atoms. The Balaban J connectivity index is 2.03. The Morgan fingerprint density at radius 3 is 2.00 bits per heavy atom. The maximum absolute atomic E-state index is 3.50. The zero-order valence-electron chi connectivity index (χ0n) is 13.4. The Hall–Kier alpha value is -0.120. The van der Waals surface area contributed by atoms with Crippen molar-refractivity contribution in [2.75, 3.05) is 39.3 Å². The molecule has 3 heteroatoms. The van der Waals surface area contributed by atoms with Gasteiger partial charge < -0.3 is 10.2 Å². The minimum absolute atomic E-state index is 0.488. The molecular formula is C16H33N3. The van der Waals surface area contributed by atoms with E-state index >= 15 is 0 Å². The lowest BCUT2D eigenvalue weighted by Gasteiger charge is -2.52. The second kappa shape index (κ2) is 6.55. The van der Waals surface area contributed by atoms with E-state index < -0.39 is 0 Å². The van der Waals surface area contributed by atoms with Crippen LogP contribution < -0.4 is 5.32 Å². The molecule has 112 valence electrons. The Morgan fingerprint density at radius 1 is 0.947 bits per heavy atom. The smallest absolute Gasteiger partial charge is 0.0237 e. The molecule has 2 rings (SSSR count). The van der Waals surface area contributed by atoms with Crippen molar-refractivity contribution in [3.63, 3.8) is 0 Å². The van der Waals surface area contributed by atoms with Crippen LogP contribution in [0.15, 0.2) is 0 Å². The van der Waals surface area contributed by atoms with Crippen LogP contribution >= 0.6 is 0 Å². The normalized spacial score (nSPS) is 26.2. The number of rotatable bonds is 4. The molecule has 1 N–H and O–H groups in total. The summed E-state index contributed by atoms with van der Waals surface area (Å²) in [5.74, 6) is 0.806. The molecule has 0 bridgehead atoms. The summed E-state index contributed by atoms with van der Waals surface area (Å²) in [6.07, 6.45) is 4.10. The van der Waals surface area contributed by atoms with Gasteiger partial charge in [0.25, 0.3) is 0 Å². The lowest BCUT2D eigenvalue weighted by Crippen LogP contribution is -2.61. The minimum atomic E-state index is 0.488. The first-order valence-corrected chi connectivity index (χ1v) is 8.23. The van der Waals surface area contributed by atoms with Crippen LogP contribution in [0.4, 0.5) is 0 Å². The van der Waals surface area contributed by atoms with E-state index in [0.29, 0.717) is 11.6 Å². The van der Waals surface area contributed by atoms with Crippen LogP contribution in [0.5, 0.6) is 0 Å². The average molecular weight is 267 g/mol. The first kappa shape index (κ1) is 15.3. The molecule has 2 heterocycles. The third-order valence-corrected chi connectivity index (χ3v) is 5.04. The van der Waals surface area contributed by atoms with Gasteiger partial charge >= 0.3 is 0 Å². The van der Waals surface area contributed by atoms with Crippen LogP contribution in [0.1, 0.15) is 47.0 Å². The number of hydrogen-bond donors (Lipinski definition) is 1. The van der Waals surface area contributed by atoms with E-state index in [9.17, 15) is 0 Å². The lowest BCUT2D eigenvalue weighted by atomic mass is 9.78. The standard InChI is InChI=1S/C16H33N3/c1-14(2)13-16(19-11-7-17-8-12-19)5-9-18(10-6-16)15(3)4/h14-15,17H,5-13H2,1-4H3. The molecule has 3 nitrogen and oxygen atoms in total.